The second kappa shape index (κ2) is 5.54. The molecule has 0 fully saturated rings. The number of benzene rings is 2. The fourth-order valence-corrected chi connectivity index (χ4v) is 2.38. The lowest BCUT2D eigenvalue weighted by atomic mass is 9.99. The fourth-order valence-electron chi connectivity index (χ4n) is 1.82. The molecule has 106 valence electrons. The Morgan fingerprint density at radius 2 is 1.70 bits per heavy atom. The van der Waals surface area contributed by atoms with E-state index in [-0.39, 0.29) is 11.1 Å². The van der Waals surface area contributed by atoms with Gasteiger partial charge in [0.25, 0.3) is 0 Å². The quantitative estimate of drug-likeness (QED) is 0.780. The molecule has 0 saturated heterocycles. The van der Waals surface area contributed by atoms with Gasteiger partial charge in [-0.25, -0.2) is 4.39 Å². The number of halogens is 5. The molecule has 2 aromatic carbocycles. The summed E-state index contributed by atoms with van der Waals surface area (Å²) in [5, 5.41) is 10.1. The maximum absolute atomic E-state index is 13.7. The predicted molar refractivity (Wildman–Crippen MR) is 69.6 cm³/mol. The summed E-state index contributed by atoms with van der Waals surface area (Å²) in [6.07, 6.45) is -5.99. The molecule has 1 unspecified atom stereocenters. The first-order valence-electron chi connectivity index (χ1n) is 5.60. The summed E-state index contributed by atoms with van der Waals surface area (Å²) in [5.41, 5.74) is -1.00. The van der Waals surface area contributed by atoms with Crippen molar-refractivity contribution in [2.45, 2.75) is 12.3 Å². The first-order chi connectivity index (χ1) is 9.30. The van der Waals surface area contributed by atoms with Crippen molar-refractivity contribution in [3.05, 3.63) is 69.4 Å². The molecular formula is C14H9BrF4O. The average molecular weight is 349 g/mol. The van der Waals surface area contributed by atoms with Crippen molar-refractivity contribution >= 4 is 15.9 Å². The van der Waals surface area contributed by atoms with E-state index in [1.807, 2.05) is 0 Å². The van der Waals surface area contributed by atoms with E-state index in [2.05, 4.69) is 15.9 Å². The van der Waals surface area contributed by atoms with Crippen molar-refractivity contribution in [3.63, 3.8) is 0 Å². The van der Waals surface area contributed by atoms with Gasteiger partial charge in [0.1, 0.15) is 11.9 Å². The third-order valence-electron chi connectivity index (χ3n) is 2.80. The van der Waals surface area contributed by atoms with Crippen molar-refractivity contribution in [2.24, 2.45) is 0 Å². The summed E-state index contributed by atoms with van der Waals surface area (Å²) in [6.45, 7) is 0. The Bertz CT molecular complexity index is 605. The molecular weight excluding hydrogens is 340 g/mol. The summed E-state index contributed by atoms with van der Waals surface area (Å²) < 4.78 is 51.9. The number of aliphatic hydroxyl groups excluding tert-OH is 1. The van der Waals surface area contributed by atoms with Gasteiger partial charge in [0.05, 0.1) is 5.56 Å². The van der Waals surface area contributed by atoms with Crippen LogP contribution in [0.2, 0.25) is 0 Å². The van der Waals surface area contributed by atoms with Crippen molar-refractivity contribution in [1.29, 1.82) is 0 Å². The average Bonchev–Trinajstić information content (AvgIpc) is 2.37. The maximum atomic E-state index is 13.7. The summed E-state index contributed by atoms with van der Waals surface area (Å²) in [4.78, 5) is 0. The van der Waals surface area contributed by atoms with E-state index in [0.29, 0.717) is 4.47 Å². The molecule has 0 bridgehead atoms. The van der Waals surface area contributed by atoms with E-state index in [4.69, 9.17) is 0 Å². The van der Waals surface area contributed by atoms with Crippen LogP contribution in [0, 0.1) is 5.82 Å². The van der Waals surface area contributed by atoms with Gasteiger partial charge in [-0.05, 0) is 29.8 Å². The maximum Gasteiger partial charge on any atom is 0.416 e. The highest BCUT2D eigenvalue weighted by Gasteiger charge is 2.31. The highest BCUT2D eigenvalue weighted by atomic mass is 79.9. The molecule has 20 heavy (non-hydrogen) atoms. The van der Waals surface area contributed by atoms with Gasteiger partial charge in [-0.2, -0.15) is 13.2 Å². The van der Waals surface area contributed by atoms with E-state index in [1.165, 1.54) is 24.3 Å². The third-order valence-corrected chi connectivity index (χ3v) is 3.49. The first-order valence-corrected chi connectivity index (χ1v) is 6.39. The highest BCUT2D eigenvalue weighted by Crippen LogP contribution is 2.34. The van der Waals surface area contributed by atoms with Gasteiger partial charge in [-0.15, -0.1) is 0 Å². The molecule has 6 heteroatoms. The Kier molecular flexibility index (Phi) is 4.15. The van der Waals surface area contributed by atoms with E-state index in [9.17, 15) is 22.7 Å². The SMILES string of the molecule is OC(c1cccc(C(F)(F)F)c1)c1c(F)cccc1Br. The zero-order valence-electron chi connectivity index (χ0n) is 9.96. The van der Waals surface area contributed by atoms with Crippen LogP contribution in [0.5, 0.6) is 0 Å². The number of hydrogen-bond donors (Lipinski definition) is 1. The lowest BCUT2D eigenvalue weighted by Gasteiger charge is -2.16. The van der Waals surface area contributed by atoms with Crippen LogP contribution in [0.1, 0.15) is 22.8 Å². The van der Waals surface area contributed by atoms with Gasteiger partial charge in [-0.3, -0.25) is 0 Å². The van der Waals surface area contributed by atoms with Gasteiger partial charge in [0.2, 0.25) is 0 Å². The van der Waals surface area contributed by atoms with E-state index in [1.54, 1.807) is 0 Å². The number of hydrogen-bond acceptors (Lipinski definition) is 1. The highest BCUT2D eigenvalue weighted by molar-refractivity contribution is 9.10. The zero-order chi connectivity index (χ0) is 14.9. The molecule has 1 nitrogen and oxygen atoms in total. The van der Waals surface area contributed by atoms with E-state index >= 15 is 0 Å². The normalized spacial score (nSPS) is 13.3. The lowest BCUT2D eigenvalue weighted by Crippen LogP contribution is -2.08. The molecule has 2 rings (SSSR count). The predicted octanol–water partition coefficient (Wildman–Crippen LogP) is 4.69. The van der Waals surface area contributed by atoms with Crippen LogP contribution in [0.15, 0.2) is 46.9 Å². The van der Waals surface area contributed by atoms with E-state index in [0.717, 1.165) is 18.2 Å². The molecule has 0 saturated carbocycles. The summed E-state index contributed by atoms with van der Waals surface area (Å²) in [5.74, 6) is -0.690. The molecule has 0 aliphatic carbocycles. The minimum absolute atomic E-state index is 0.0226. The van der Waals surface area contributed by atoms with Crippen LogP contribution in [0.25, 0.3) is 0 Å². The summed E-state index contributed by atoms with van der Waals surface area (Å²) in [6, 6.07) is 8.28. The second-order valence-electron chi connectivity index (χ2n) is 4.16. The molecule has 0 aliphatic rings. The molecule has 0 spiro atoms. The smallest absolute Gasteiger partial charge is 0.384 e. The van der Waals surface area contributed by atoms with Crippen LogP contribution in [-0.2, 0) is 6.18 Å². The molecule has 2 aromatic rings. The molecule has 0 heterocycles. The molecule has 1 atom stereocenters. The van der Waals surface area contributed by atoms with Crippen LogP contribution >= 0.6 is 15.9 Å². The van der Waals surface area contributed by atoms with Crippen LogP contribution in [-0.4, -0.2) is 5.11 Å². The van der Waals surface area contributed by atoms with Gasteiger partial charge in [0, 0.05) is 10.0 Å². The zero-order valence-corrected chi connectivity index (χ0v) is 11.5. The molecule has 0 aliphatic heterocycles. The van der Waals surface area contributed by atoms with Gasteiger partial charge >= 0.3 is 6.18 Å². The Morgan fingerprint density at radius 3 is 2.30 bits per heavy atom. The number of aliphatic hydroxyl groups is 1. The van der Waals surface area contributed by atoms with Crippen molar-refractivity contribution in [3.8, 4) is 0 Å². The van der Waals surface area contributed by atoms with Gasteiger partial charge < -0.3 is 5.11 Å². The Labute approximate surface area is 121 Å². The van der Waals surface area contributed by atoms with E-state index < -0.39 is 23.7 Å². The third kappa shape index (κ3) is 3.02. The van der Waals surface area contributed by atoms with Gasteiger partial charge in [0.15, 0.2) is 0 Å². The molecule has 0 aromatic heterocycles. The van der Waals surface area contributed by atoms with Crippen molar-refractivity contribution < 1.29 is 22.7 Å². The Morgan fingerprint density at radius 1 is 1.05 bits per heavy atom. The lowest BCUT2D eigenvalue weighted by molar-refractivity contribution is -0.137. The van der Waals surface area contributed by atoms with Gasteiger partial charge in [-0.1, -0.05) is 34.1 Å². The van der Waals surface area contributed by atoms with Crippen molar-refractivity contribution in [1.82, 2.24) is 0 Å². The Hall–Kier alpha value is -1.40. The molecule has 1 N–H and O–H groups in total. The van der Waals surface area contributed by atoms with Crippen LogP contribution in [0.3, 0.4) is 0 Å². The molecule has 0 amide bonds. The van der Waals surface area contributed by atoms with Crippen LogP contribution < -0.4 is 0 Å². The monoisotopic (exact) mass is 348 g/mol. The standard InChI is InChI=1S/C14H9BrF4O/c15-10-5-2-6-11(16)12(10)13(20)8-3-1-4-9(7-8)14(17,18)19/h1-7,13,20H. The second-order valence-corrected chi connectivity index (χ2v) is 5.02. The van der Waals surface area contributed by atoms with Crippen molar-refractivity contribution in [2.75, 3.05) is 0 Å². The largest absolute Gasteiger partial charge is 0.416 e. The first kappa shape index (κ1) is 15.0. The Balaban J connectivity index is 2.46. The van der Waals surface area contributed by atoms with Crippen LogP contribution in [0.4, 0.5) is 17.6 Å². The number of rotatable bonds is 2. The summed E-state index contributed by atoms with van der Waals surface area (Å²) in [7, 11) is 0. The number of alkyl halides is 3. The minimum Gasteiger partial charge on any atom is -0.384 e. The molecule has 0 radical (unpaired) electrons. The summed E-state index contributed by atoms with van der Waals surface area (Å²) >= 11 is 3.08. The fraction of sp³-hybridized carbons (Fsp3) is 0.143. The minimum atomic E-state index is -4.51. The topological polar surface area (TPSA) is 20.2 Å².